The number of fused-ring (bicyclic) bond motifs is 3. The molecule has 2 aromatic heterocycles. The number of carbonyl (C=O) groups is 1. The van der Waals surface area contributed by atoms with Crippen molar-refractivity contribution >= 4 is 16.8 Å². The number of amides is 1. The maximum absolute atomic E-state index is 12.0. The second kappa shape index (κ2) is 5.50. The number of aromatic nitrogens is 2. The van der Waals surface area contributed by atoms with Gasteiger partial charge < -0.3 is 10.3 Å². The van der Waals surface area contributed by atoms with E-state index in [4.69, 9.17) is 5.73 Å². The first-order chi connectivity index (χ1) is 11.7. The van der Waals surface area contributed by atoms with Crippen LogP contribution in [0.15, 0.2) is 36.5 Å². The zero-order valence-corrected chi connectivity index (χ0v) is 12.9. The lowest BCUT2D eigenvalue weighted by Crippen LogP contribution is -2.14. The van der Waals surface area contributed by atoms with Crippen molar-refractivity contribution in [3.8, 4) is 6.07 Å². The van der Waals surface area contributed by atoms with Gasteiger partial charge in [-0.1, -0.05) is 6.07 Å². The molecule has 2 heterocycles. The molecule has 0 saturated carbocycles. The molecular formula is C19H14N4O. The van der Waals surface area contributed by atoms with Crippen molar-refractivity contribution in [2.24, 2.45) is 5.73 Å². The van der Waals surface area contributed by atoms with Crippen molar-refractivity contribution in [3.05, 3.63) is 71.0 Å². The van der Waals surface area contributed by atoms with Gasteiger partial charge in [0.25, 0.3) is 5.91 Å². The number of primary amides is 1. The summed E-state index contributed by atoms with van der Waals surface area (Å²) < 4.78 is 2.15. The summed E-state index contributed by atoms with van der Waals surface area (Å²) in [6.45, 7) is 0.610. The third-order valence-electron chi connectivity index (χ3n) is 4.46. The predicted octanol–water partition coefficient (Wildman–Crippen LogP) is 2.24. The van der Waals surface area contributed by atoms with Crippen molar-refractivity contribution in [1.29, 1.82) is 5.26 Å². The molecule has 1 amide bonds. The highest BCUT2D eigenvalue weighted by Crippen LogP contribution is 2.36. The molecule has 0 bridgehead atoms. The van der Waals surface area contributed by atoms with Gasteiger partial charge >= 0.3 is 0 Å². The molecule has 4 rings (SSSR count). The number of hydrogen-bond donors (Lipinski definition) is 1. The van der Waals surface area contributed by atoms with E-state index in [1.54, 1.807) is 12.3 Å². The van der Waals surface area contributed by atoms with Crippen LogP contribution in [0.1, 0.15) is 32.9 Å². The van der Waals surface area contributed by atoms with Gasteiger partial charge in [-0.25, -0.2) is 0 Å². The average Bonchev–Trinajstić information content (AvgIpc) is 3.17. The van der Waals surface area contributed by atoms with Crippen molar-refractivity contribution in [1.82, 2.24) is 9.55 Å². The highest BCUT2D eigenvalue weighted by Gasteiger charge is 2.26. The molecule has 2 N–H and O–H groups in total. The molecule has 5 nitrogen and oxygen atoms in total. The third kappa shape index (κ3) is 2.08. The lowest BCUT2D eigenvalue weighted by atomic mass is 9.99. The molecule has 1 aliphatic rings. The zero-order chi connectivity index (χ0) is 16.7. The molecular weight excluding hydrogens is 300 g/mol. The molecule has 1 aliphatic carbocycles. The number of nitrogens with two attached hydrogens (primary N) is 1. The number of nitriles is 1. The molecule has 0 atom stereocenters. The first-order valence-corrected chi connectivity index (χ1v) is 7.68. The molecule has 2 radical (unpaired) electrons. The van der Waals surface area contributed by atoms with Gasteiger partial charge in [-0.15, -0.1) is 0 Å². The standard InChI is InChI=1S/C19H14N4O/c20-10-12-7-8-16-18(17(12)19(21)24)14-5-3-6-15(14)23(16)11-13-4-1-2-9-22-13/h1-2,4,7-9H,5-6,11H2,(H2,21,24). The maximum atomic E-state index is 12.0. The van der Waals surface area contributed by atoms with Crippen molar-refractivity contribution in [2.75, 3.05) is 0 Å². The summed E-state index contributed by atoms with van der Waals surface area (Å²) in [5, 5.41) is 10.1. The molecule has 0 unspecified atom stereocenters. The molecule has 116 valence electrons. The summed E-state index contributed by atoms with van der Waals surface area (Å²) in [5.74, 6) is -0.568. The maximum Gasteiger partial charge on any atom is 0.250 e. The van der Waals surface area contributed by atoms with E-state index in [1.807, 2.05) is 24.3 Å². The van der Waals surface area contributed by atoms with Crippen molar-refractivity contribution in [3.63, 3.8) is 0 Å². The van der Waals surface area contributed by atoms with E-state index in [1.165, 1.54) is 0 Å². The fourth-order valence-corrected chi connectivity index (χ4v) is 3.46. The molecule has 0 spiro atoms. The number of rotatable bonds is 3. The molecule has 3 aromatic rings. The zero-order valence-electron chi connectivity index (χ0n) is 12.9. The fraction of sp³-hybridized carbons (Fsp3) is 0.158. The van der Waals surface area contributed by atoms with Crippen LogP contribution < -0.4 is 5.73 Å². The summed E-state index contributed by atoms with van der Waals surface area (Å²) in [5.41, 5.74) is 10.2. The van der Waals surface area contributed by atoms with Crippen molar-refractivity contribution in [2.45, 2.75) is 19.4 Å². The molecule has 5 heteroatoms. The van der Waals surface area contributed by atoms with Gasteiger partial charge in [-0.2, -0.15) is 5.26 Å². The minimum Gasteiger partial charge on any atom is -0.366 e. The van der Waals surface area contributed by atoms with Crippen LogP contribution in [0.2, 0.25) is 0 Å². The lowest BCUT2D eigenvalue weighted by Gasteiger charge is -2.10. The van der Waals surface area contributed by atoms with E-state index in [0.717, 1.165) is 34.3 Å². The molecule has 0 saturated heterocycles. The van der Waals surface area contributed by atoms with E-state index in [9.17, 15) is 10.1 Å². The Morgan fingerprint density at radius 3 is 2.92 bits per heavy atom. The molecule has 24 heavy (non-hydrogen) atoms. The van der Waals surface area contributed by atoms with Crippen LogP contribution in [0, 0.1) is 17.8 Å². The van der Waals surface area contributed by atoms with Gasteiger partial charge in [-0.3, -0.25) is 9.78 Å². The van der Waals surface area contributed by atoms with Crippen LogP contribution in [-0.4, -0.2) is 15.5 Å². The molecule has 1 aromatic carbocycles. The molecule has 0 aliphatic heterocycles. The number of nitrogens with zero attached hydrogens (tertiary/aromatic N) is 3. The normalized spacial score (nSPS) is 13.0. The minimum atomic E-state index is -0.568. The Kier molecular flexibility index (Phi) is 3.31. The minimum absolute atomic E-state index is 0.315. The fourth-order valence-electron chi connectivity index (χ4n) is 3.46. The topological polar surface area (TPSA) is 84.7 Å². The van der Waals surface area contributed by atoms with Crippen LogP contribution in [0.25, 0.3) is 10.9 Å². The SMILES string of the molecule is N#Cc1ccc2c(c3c(n2Cc2ccccn2)C[C]C3)c1C(N)=O. The van der Waals surface area contributed by atoms with Gasteiger partial charge in [0.1, 0.15) is 0 Å². The van der Waals surface area contributed by atoms with E-state index < -0.39 is 5.91 Å². The monoisotopic (exact) mass is 314 g/mol. The van der Waals surface area contributed by atoms with E-state index in [2.05, 4.69) is 22.0 Å². The van der Waals surface area contributed by atoms with Crippen LogP contribution in [0.5, 0.6) is 0 Å². The predicted molar refractivity (Wildman–Crippen MR) is 89.2 cm³/mol. The summed E-state index contributed by atoms with van der Waals surface area (Å²) in [6, 6.07) is 11.4. The Labute approximate surface area is 139 Å². The van der Waals surface area contributed by atoms with Crippen molar-refractivity contribution < 1.29 is 4.79 Å². The summed E-state index contributed by atoms with van der Waals surface area (Å²) in [4.78, 5) is 16.4. The summed E-state index contributed by atoms with van der Waals surface area (Å²) >= 11 is 0. The van der Waals surface area contributed by atoms with Gasteiger partial charge in [0.05, 0.1) is 29.4 Å². The number of carbonyl (C=O) groups excluding carboxylic acids is 1. The quantitative estimate of drug-likeness (QED) is 0.804. The van der Waals surface area contributed by atoms with E-state index in [0.29, 0.717) is 24.1 Å². The summed E-state index contributed by atoms with van der Waals surface area (Å²) in [6.07, 6.45) is 6.46. The van der Waals surface area contributed by atoms with Crippen LogP contribution in [-0.2, 0) is 19.4 Å². The van der Waals surface area contributed by atoms with Gasteiger partial charge in [0.2, 0.25) is 0 Å². The van der Waals surface area contributed by atoms with Gasteiger partial charge in [0, 0.05) is 22.8 Å². The number of benzene rings is 1. The number of pyridine rings is 1. The van der Waals surface area contributed by atoms with Crippen LogP contribution in [0.3, 0.4) is 0 Å². The highest BCUT2D eigenvalue weighted by molar-refractivity contribution is 6.10. The Balaban J connectivity index is 2.01. The largest absolute Gasteiger partial charge is 0.366 e. The Bertz CT molecular complexity index is 996. The second-order valence-electron chi connectivity index (χ2n) is 5.79. The Hall–Kier alpha value is -3.13. The van der Waals surface area contributed by atoms with Gasteiger partial charge in [0.15, 0.2) is 0 Å². The average molecular weight is 314 g/mol. The van der Waals surface area contributed by atoms with E-state index in [-0.39, 0.29) is 0 Å². The first-order valence-electron chi connectivity index (χ1n) is 7.68. The second-order valence-corrected chi connectivity index (χ2v) is 5.79. The number of hydrogen-bond acceptors (Lipinski definition) is 3. The third-order valence-corrected chi connectivity index (χ3v) is 4.46. The van der Waals surface area contributed by atoms with Crippen LogP contribution in [0.4, 0.5) is 0 Å². The lowest BCUT2D eigenvalue weighted by molar-refractivity contribution is 0.100. The van der Waals surface area contributed by atoms with Crippen LogP contribution >= 0.6 is 0 Å². The smallest absolute Gasteiger partial charge is 0.250 e. The Morgan fingerprint density at radius 2 is 2.21 bits per heavy atom. The van der Waals surface area contributed by atoms with Gasteiger partial charge in [-0.05, 0) is 49.1 Å². The summed E-state index contributed by atoms with van der Waals surface area (Å²) in [7, 11) is 0. The highest BCUT2D eigenvalue weighted by atomic mass is 16.1. The molecule has 0 fully saturated rings. The van der Waals surface area contributed by atoms with E-state index >= 15 is 0 Å². The first kappa shape index (κ1) is 14.5. The Morgan fingerprint density at radius 1 is 1.33 bits per heavy atom.